The van der Waals surface area contributed by atoms with Gasteiger partial charge in [0.1, 0.15) is 60.4 Å². The van der Waals surface area contributed by atoms with Crippen LogP contribution in [0.15, 0.2) is 30.3 Å². The van der Waals surface area contributed by atoms with Gasteiger partial charge in [0.25, 0.3) is 0 Å². The summed E-state index contributed by atoms with van der Waals surface area (Å²) in [6.45, 7) is 7.18. The van der Waals surface area contributed by atoms with E-state index in [1.54, 1.807) is 44.2 Å². The molecule has 2 aliphatic rings. The van der Waals surface area contributed by atoms with Gasteiger partial charge in [0.05, 0.1) is 19.6 Å². The number of aliphatic hydroxyl groups is 1. The zero-order valence-corrected chi connectivity index (χ0v) is 48.9. The predicted octanol–water partition coefficient (Wildman–Crippen LogP) is -3.56. The molecule has 29 heteroatoms. The predicted molar refractivity (Wildman–Crippen MR) is 304 cm³/mol. The van der Waals surface area contributed by atoms with Crippen LogP contribution in [0.1, 0.15) is 111 Å². The molecular weight excluding hydrogens is 1100 g/mol. The number of amides is 12. The lowest BCUT2D eigenvalue weighted by Gasteiger charge is -2.28. The standard InChI is InChI=1S/C54H85N13O15S/c1-7-30(4)44(53(81)57-27-42(70)60-36(24-29(2)3)49(77)61-33(45(56)73)20-23-83-6)66-50(78)37(25-32-14-9-8-10-15-32)63-46(74)31(5)58-48(76)38(26-43(71)72)64-47(75)34(16-11-12-21-55)62-51(79)39(28-68)65-52(80)40-17-13-22-67(40)54(82)35-18-19-41(69)59-35/h8-10,14-15,29-31,33-40,44,68H,7,11-13,16-28,55H2,1-6H3,(H2,56,73)(H,57,81)(H,58,76)(H,59,69)(H,60,70)(H,61,77)(H,62,79)(H,63,74)(H,64,75)(H,65,80)(H,66,78)(H,71,72)/t30?,31-,33-,34-,35-,36-,37-,38-,39-,40-,44-/m0/s1. The molecule has 12 amide bonds. The number of nitrogens with two attached hydrogens (primary N) is 2. The average molecular weight is 1190 g/mol. The molecule has 11 atom stereocenters. The topological polar surface area (TPSA) is 438 Å². The molecule has 28 nitrogen and oxygen atoms in total. The maximum absolute atomic E-state index is 14.2. The normalized spacial score (nSPS) is 18.0. The van der Waals surface area contributed by atoms with Crippen LogP contribution in [0.5, 0.6) is 0 Å². The van der Waals surface area contributed by atoms with Crippen molar-refractivity contribution < 1.29 is 72.5 Å². The second-order valence-corrected chi connectivity index (χ2v) is 22.1. The van der Waals surface area contributed by atoms with Crippen molar-refractivity contribution >= 4 is 88.6 Å². The Morgan fingerprint density at radius 3 is 1.93 bits per heavy atom. The minimum atomic E-state index is -1.85. The molecule has 2 heterocycles. The van der Waals surface area contributed by atoms with Crippen molar-refractivity contribution in [3.05, 3.63) is 35.9 Å². The Kier molecular flexibility index (Phi) is 29.9. The molecule has 83 heavy (non-hydrogen) atoms. The largest absolute Gasteiger partial charge is 0.481 e. The summed E-state index contributed by atoms with van der Waals surface area (Å²) in [7, 11) is 0. The number of carboxylic acids is 1. The number of carbonyl (C=O) groups is 13. The van der Waals surface area contributed by atoms with Crippen molar-refractivity contribution in [2.45, 2.75) is 172 Å². The smallest absolute Gasteiger partial charge is 0.305 e. The number of carbonyl (C=O) groups excluding carboxylic acids is 12. The molecule has 1 aromatic rings. The summed E-state index contributed by atoms with van der Waals surface area (Å²) in [4.78, 5) is 174. The number of nitrogens with one attached hydrogen (secondary N) is 10. The molecule has 0 spiro atoms. The molecule has 16 N–H and O–H groups in total. The first-order chi connectivity index (χ1) is 39.3. The van der Waals surface area contributed by atoms with Gasteiger partial charge in [0.2, 0.25) is 70.9 Å². The van der Waals surface area contributed by atoms with Crippen molar-refractivity contribution in [1.82, 2.24) is 58.1 Å². The van der Waals surface area contributed by atoms with Gasteiger partial charge in [0.15, 0.2) is 0 Å². The SMILES string of the molecule is CCC(C)[C@H](NC(=O)[C@H](Cc1ccccc1)NC(=O)[C@H](C)NC(=O)[C@H](CC(=O)O)NC(=O)[C@H](CCCCN)NC(=O)[C@H](CO)NC(=O)[C@@H]1CCCN1C(=O)[C@@H]1CCC(=O)N1)C(=O)NCC(=O)N[C@@H](CC(C)C)C(=O)N[C@@H](CCSC)C(N)=O. The summed E-state index contributed by atoms with van der Waals surface area (Å²) in [6.07, 6.45) is 3.13. The highest BCUT2D eigenvalue weighted by molar-refractivity contribution is 7.98. The van der Waals surface area contributed by atoms with Crippen LogP contribution in [0, 0.1) is 11.8 Å². The van der Waals surface area contributed by atoms with Gasteiger partial charge in [-0.05, 0) is 94.2 Å². The summed E-state index contributed by atoms with van der Waals surface area (Å²) in [6, 6.07) is -4.53. The molecule has 1 unspecified atom stereocenters. The van der Waals surface area contributed by atoms with Gasteiger partial charge in [-0.1, -0.05) is 64.4 Å². The molecule has 0 bridgehead atoms. The second kappa shape index (κ2) is 35.6. The molecule has 0 saturated carbocycles. The van der Waals surface area contributed by atoms with E-state index in [9.17, 15) is 72.5 Å². The minimum absolute atomic E-state index is 0.0722. The van der Waals surface area contributed by atoms with Crippen molar-refractivity contribution in [3.63, 3.8) is 0 Å². The van der Waals surface area contributed by atoms with Crippen LogP contribution >= 0.6 is 11.8 Å². The number of aliphatic carboxylic acids is 1. The Balaban J connectivity index is 1.75. The maximum Gasteiger partial charge on any atom is 0.305 e. The van der Waals surface area contributed by atoms with E-state index in [0.717, 1.165) is 0 Å². The van der Waals surface area contributed by atoms with E-state index in [4.69, 9.17) is 11.5 Å². The van der Waals surface area contributed by atoms with E-state index in [0.29, 0.717) is 30.6 Å². The number of thioether (sulfide) groups is 1. The summed E-state index contributed by atoms with van der Waals surface area (Å²) in [5.74, 6) is -11.0. The Morgan fingerprint density at radius 1 is 0.723 bits per heavy atom. The van der Waals surface area contributed by atoms with Gasteiger partial charge in [0, 0.05) is 19.4 Å². The molecule has 0 aromatic heterocycles. The number of benzene rings is 1. The Morgan fingerprint density at radius 2 is 1.34 bits per heavy atom. The fraction of sp³-hybridized carbons (Fsp3) is 0.648. The zero-order valence-electron chi connectivity index (χ0n) is 48.0. The number of unbranched alkanes of at least 4 members (excludes halogenated alkanes) is 1. The van der Waals surface area contributed by atoms with Crippen LogP contribution in [0.4, 0.5) is 0 Å². The maximum atomic E-state index is 14.2. The molecule has 0 radical (unpaired) electrons. The highest BCUT2D eigenvalue weighted by Gasteiger charge is 2.41. The third-order valence-electron chi connectivity index (χ3n) is 14.1. The number of aliphatic hydroxyl groups excluding tert-OH is 1. The number of likely N-dealkylation sites (tertiary alicyclic amines) is 1. The van der Waals surface area contributed by atoms with Crippen molar-refractivity contribution in [2.24, 2.45) is 23.3 Å². The third-order valence-corrected chi connectivity index (χ3v) is 14.7. The van der Waals surface area contributed by atoms with Crippen molar-refractivity contribution in [1.29, 1.82) is 0 Å². The van der Waals surface area contributed by atoms with Crippen LogP contribution in [0.25, 0.3) is 0 Å². The molecule has 2 saturated heterocycles. The summed E-state index contributed by atoms with van der Waals surface area (Å²) < 4.78 is 0. The van der Waals surface area contributed by atoms with Crippen LogP contribution in [0.2, 0.25) is 0 Å². The third kappa shape index (κ3) is 23.4. The Bertz CT molecular complexity index is 2440. The molecule has 3 rings (SSSR count). The first-order valence-corrected chi connectivity index (χ1v) is 29.4. The lowest BCUT2D eigenvalue weighted by Crippen LogP contribution is -2.61. The van der Waals surface area contributed by atoms with Gasteiger partial charge in [-0.3, -0.25) is 62.3 Å². The lowest BCUT2D eigenvalue weighted by molar-refractivity contribution is -0.142. The highest BCUT2D eigenvalue weighted by atomic mass is 32.2. The monoisotopic (exact) mass is 1190 g/mol. The van der Waals surface area contributed by atoms with Gasteiger partial charge >= 0.3 is 5.97 Å². The van der Waals surface area contributed by atoms with Crippen LogP contribution in [0.3, 0.4) is 0 Å². The van der Waals surface area contributed by atoms with E-state index >= 15 is 0 Å². The highest BCUT2D eigenvalue weighted by Crippen LogP contribution is 2.22. The molecular formula is C54H85N13O15S. The first kappa shape index (κ1) is 69.9. The fourth-order valence-electron chi connectivity index (χ4n) is 9.16. The average Bonchev–Trinajstić information content (AvgIpc) is 4.13. The zero-order chi connectivity index (χ0) is 61.9. The fourth-order valence-corrected chi connectivity index (χ4v) is 9.64. The van der Waals surface area contributed by atoms with Crippen LogP contribution < -0.4 is 64.6 Å². The lowest BCUT2D eigenvalue weighted by atomic mass is 9.97. The Hall–Kier alpha value is -7.40. The summed E-state index contributed by atoms with van der Waals surface area (Å²) in [5.41, 5.74) is 11.8. The van der Waals surface area contributed by atoms with Crippen molar-refractivity contribution in [2.75, 3.05) is 38.2 Å². The summed E-state index contributed by atoms with van der Waals surface area (Å²) >= 11 is 1.46. The minimum Gasteiger partial charge on any atom is -0.481 e. The molecule has 0 aliphatic carbocycles. The molecule has 1 aromatic carbocycles. The van der Waals surface area contributed by atoms with E-state index < -0.39 is 157 Å². The number of nitrogens with zero attached hydrogens (tertiary/aromatic N) is 1. The number of hydrogen-bond donors (Lipinski definition) is 14. The molecule has 2 aliphatic heterocycles. The van der Waals surface area contributed by atoms with Gasteiger partial charge in [-0.15, -0.1) is 0 Å². The van der Waals surface area contributed by atoms with E-state index in [1.165, 1.54) is 23.6 Å². The number of hydrogen-bond acceptors (Lipinski definition) is 16. The first-order valence-electron chi connectivity index (χ1n) is 28.0. The van der Waals surface area contributed by atoms with Crippen molar-refractivity contribution in [3.8, 4) is 0 Å². The Labute approximate surface area is 487 Å². The number of primary amides is 1. The van der Waals surface area contributed by atoms with E-state index in [2.05, 4.69) is 53.2 Å². The summed E-state index contributed by atoms with van der Waals surface area (Å²) in [5, 5.41) is 45.1. The van der Waals surface area contributed by atoms with Gasteiger partial charge in [-0.25, -0.2) is 0 Å². The van der Waals surface area contributed by atoms with Crippen LogP contribution in [-0.4, -0.2) is 191 Å². The quantitative estimate of drug-likeness (QED) is 0.0289. The van der Waals surface area contributed by atoms with Gasteiger partial charge < -0.3 is 79.7 Å². The molecule has 2 fully saturated rings. The van der Waals surface area contributed by atoms with E-state index in [-0.39, 0.29) is 76.3 Å². The number of rotatable bonds is 36. The number of carboxylic acid groups (broad SMARTS) is 1. The van der Waals surface area contributed by atoms with Gasteiger partial charge in [-0.2, -0.15) is 11.8 Å². The second-order valence-electron chi connectivity index (χ2n) is 21.2. The van der Waals surface area contributed by atoms with E-state index in [1.807, 2.05) is 20.1 Å². The molecule has 462 valence electrons. The van der Waals surface area contributed by atoms with Crippen LogP contribution in [-0.2, 0) is 68.7 Å².